The van der Waals surface area contributed by atoms with Crippen molar-refractivity contribution >= 4 is 15.9 Å². The van der Waals surface area contributed by atoms with E-state index in [1.165, 1.54) is 5.56 Å². The van der Waals surface area contributed by atoms with Gasteiger partial charge in [0, 0.05) is 4.47 Å². The third kappa shape index (κ3) is 4.78. The number of halogens is 1. The number of nitrogens with two attached hydrogens (primary N) is 1. The fourth-order valence-corrected chi connectivity index (χ4v) is 2.06. The van der Waals surface area contributed by atoms with Gasteiger partial charge in [0.2, 0.25) is 0 Å². The molecule has 1 aromatic carbocycles. The Hall–Kier alpha value is -0.380. The highest BCUT2D eigenvalue weighted by molar-refractivity contribution is 9.10. The second-order valence-electron chi connectivity index (χ2n) is 5.70. The highest BCUT2D eigenvalue weighted by Crippen LogP contribution is 2.23. The molecular formula is C14H23BrN2. The molecule has 0 saturated carbocycles. The van der Waals surface area contributed by atoms with Gasteiger partial charge in [0.05, 0.1) is 6.17 Å². The van der Waals surface area contributed by atoms with Crippen molar-refractivity contribution in [1.29, 1.82) is 0 Å². The summed E-state index contributed by atoms with van der Waals surface area (Å²) in [4.78, 5) is 0. The smallest absolute Gasteiger partial charge is 0.0813 e. The largest absolute Gasteiger partial charge is 0.312 e. The molecule has 96 valence electrons. The first-order valence-electron chi connectivity index (χ1n) is 6.05. The molecule has 0 aliphatic carbocycles. The number of hydrogen-bond acceptors (Lipinski definition) is 2. The van der Waals surface area contributed by atoms with Crippen molar-refractivity contribution in [2.24, 2.45) is 11.1 Å². The fraction of sp³-hybridized carbons (Fsp3) is 0.571. The van der Waals surface area contributed by atoms with E-state index in [-0.39, 0.29) is 6.17 Å². The average molecular weight is 299 g/mol. The molecule has 0 saturated heterocycles. The maximum absolute atomic E-state index is 6.16. The molecule has 1 aromatic rings. The summed E-state index contributed by atoms with van der Waals surface area (Å²) in [5.74, 6) is 0. The zero-order valence-corrected chi connectivity index (χ0v) is 12.8. The Kier molecular flexibility index (Phi) is 5.17. The van der Waals surface area contributed by atoms with Gasteiger partial charge in [0.25, 0.3) is 0 Å². The van der Waals surface area contributed by atoms with Crippen molar-refractivity contribution in [3.05, 3.63) is 33.8 Å². The molecule has 0 aliphatic heterocycles. The van der Waals surface area contributed by atoms with E-state index in [0.29, 0.717) is 5.41 Å². The maximum atomic E-state index is 6.16. The van der Waals surface area contributed by atoms with Crippen LogP contribution in [-0.2, 0) is 0 Å². The summed E-state index contributed by atoms with van der Waals surface area (Å²) in [6, 6.07) is 6.15. The third-order valence-electron chi connectivity index (χ3n) is 2.88. The minimum atomic E-state index is -0.0881. The summed E-state index contributed by atoms with van der Waals surface area (Å²) in [5.41, 5.74) is 8.88. The molecular weight excluding hydrogens is 276 g/mol. The van der Waals surface area contributed by atoms with E-state index in [2.05, 4.69) is 55.0 Å². The molecule has 0 aliphatic rings. The Morgan fingerprint density at radius 2 is 2.00 bits per heavy atom. The van der Waals surface area contributed by atoms with Crippen LogP contribution in [0.5, 0.6) is 0 Å². The predicted molar refractivity (Wildman–Crippen MR) is 77.9 cm³/mol. The van der Waals surface area contributed by atoms with Crippen LogP contribution < -0.4 is 11.1 Å². The number of hydrogen-bond donors (Lipinski definition) is 2. The van der Waals surface area contributed by atoms with Gasteiger partial charge < -0.3 is 5.73 Å². The summed E-state index contributed by atoms with van der Waals surface area (Å²) in [5, 5.41) is 3.38. The Bertz CT molecular complexity index is 369. The molecule has 17 heavy (non-hydrogen) atoms. The molecule has 0 amide bonds. The molecule has 1 atom stereocenters. The van der Waals surface area contributed by atoms with Gasteiger partial charge in [-0.05, 0) is 42.5 Å². The molecule has 0 fully saturated rings. The Labute approximate surface area is 113 Å². The molecule has 0 bridgehead atoms. The molecule has 1 rings (SSSR count). The van der Waals surface area contributed by atoms with Crippen molar-refractivity contribution < 1.29 is 0 Å². The fourth-order valence-electron chi connectivity index (χ4n) is 1.67. The molecule has 0 aromatic heterocycles. The summed E-state index contributed by atoms with van der Waals surface area (Å²) >= 11 is 3.53. The third-order valence-corrected chi connectivity index (χ3v) is 3.74. The number of benzene rings is 1. The van der Waals surface area contributed by atoms with Crippen molar-refractivity contribution in [2.75, 3.05) is 6.54 Å². The van der Waals surface area contributed by atoms with Crippen LogP contribution in [-0.4, -0.2) is 6.54 Å². The SMILES string of the molecule is Cc1c(Br)cccc1[C@@H](N)NCCC(C)(C)C. The minimum absolute atomic E-state index is 0.0881. The second kappa shape index (κ2) is 5.98. The number of rotatable bonds is 4. The van der Waals surface area contributed by atoms with E-state index in [0.717, 1.165) is 23.0 Å². The van der Waals surface area contributed by atoms with Crippen LogP contribution >= 0.6 is 15.9 Å². The first kappa shape index (κ1) is 14.7. The summed E-state index contributed by atoms with van der Waals surface area (Å²) in [7, 11) is 0. The van der Waals surface area contributed by atoms with E-state index in [9.17, 15) is 0 Å². The van der Waals surface area contributed by atoms with Gasteiger partial charge in [-0.3, -0.25) is 5.32 Å². The van der Waals surface area contributed by atoms with E-state index in [4.69, 9.17) is 5.73 Å². The first-order chi connectivity index (χ1) is 7.81. The van der Waals surface area contributed by atoms with Crippen LogP contribution in [0.25, 0.3) is 0 Å². The van der Waals surface area contributed by atoms with Crippen LogP contribution in [0.1, 0.15) is 44.5 Å². The van der Waals surface area contributed by atoms with Crippen molar-refractivity contribution in [2.45, 2.75) is 40.3 Å². The van der Waals surface area contributed by atoms with Crippen molar-refractivity contribution in [3.8, 4) is 0 Å². The molecule has 3 heteroatoms. The van der Waals surface area contributed by atoms with E-state index >= 15 is 0 Å². The minimum Gasteiger partial charge on any atom is -0.312 e. The quantitative estimate of drug-likeness (QED) is 0.831. The van der Waals surface area contributed by atoms with Gasteiger partial charge >= 0.3 is 0 Å². The van der Waals surface area contributed by atoms with Gasteiger partial charge in [-0.25, -0.2) is 0 Å². The van der Waals surface area contributed by atoms with Gasteiger partial charge in [0.1, 0.15) is 0 Å². The lowest BCUT2D eigenvalue weighted by Gasteiger charge is -2.22. The summed E-state index contributed by atoms with van der Waals surface area (Å²) < 4.78 is 1.11. The molecule has 0 radical (unpaired) electrons. The van der Waals surface area contributed by atoms with Crippen LogP contribution in [0.2, 0.25) is 0 Å². The predicted octanol–water partition coefficient (Wildman–Crippen LogP) is 3.74. The van der Waals surface area contributed by atoms with Gasteiger partial charge in [-0.2, -0.15) is 0 Å². The van der Waals surface area contributed by atoms with Crippen LogP contribution in [0.15, 0.2) is 22.7 Å². The molecule has 2 nitrogen and oxygen atoms in total. The van der Waals surface area contributed by atoms with Crippen molar-refractivity contribution in [1.82, 2.24) is 5.32 Å². The lowest BCUT2D eigenvalue weighted by Crippen LogP contribution is -2.31. The van der Waals surface area contributed by atoms with E-state index < -0.39 is 0 Å². The maximum Gasteiger partial charge on any atom is 0.0813 e. The summed E-state index contributed by atoms with van der Waals surface area (Å²) in [6.45, 7) is 9.75. The number of nitrogens with one attached hydrogen (secondary N) is 1. The lowest BCUT2D eigenvalue weighted by atomic mass is 9.92. The van der Waals surface area contributed by atoms with E-state index in [1.807, 2.05) is 12.1 Å². The van der Waals surface area contributed by atoms with Gasteiger partial charge in [-0.15, -0.1) is 0 Å². The topological polar surface area (TPSA) is 38.0 Å². The zero-order chi connectivity index (χ0) is 13.1. The van der Waals surface area contributed by atoms with Crippen molar-refractivity contribution in [3.63, 3.8) is 0 Å². The molecule has 0 spiro atoms. The monoisotopic (exact) mass is 298 g/mol. The Morgan fingerprint density at radius 3 is 2.59 bits per heavy atom. The lowest BCUT2D eigenvalue weighted by molar-refractivity contribution is 0.355. The first-order valence-corrected chi connectivity index (χ1v) is 6.84. The Balaban J connectivity index is 2.58. The van der Waals surface area contributed by atoms with E-state index in [1.54, 1.807) is 0 Å². The zero-order valence-electron chi connectivity index (χ0n) is 11.2. The molecule has 3 N–H and O–H groups in total. The van der Waals surface area contributed by atoms with Crippen LogP contribution in [0.3, 0.4) is 0 Å². The van der Waals surface area contributed by atoms with Crippen LogP contribution in [0, 0.1) is 12.3 Å². The summed E-state index contributed by atoms with van der Waals surface area (Å²) in [6.07, 6.45) is 1.03. The normalized spacial score (nSPS) is 13.8. The van der Waals surface area contributed by atoms with Crippen LogP contribution in [0.4, 0.5) is 0 Å². The highest BCUT2D eigenvalue weighted by atomic mass is 79.9. The average Bonchev–Trinajstić information content (AvgIpc) is 2.20. The highest BCUT2D eigenvalue weighted by Gasteiger charge is 2.13. The van der Waals surface area contributed by atoms with Gasteiger partial charge in [-0.1, -0.05) is 48.8 Å². The second-order valence-corrected chi connectivity index (χ2v) is 6.55. The molecule has 0 unspecified atom stereocenters. The molecule has 0 heterocycles. The standard InChI is InChI=1S/C14H23BrN2/c1-10-11(6-5-7-12(10)15)13(16)17-9-8-14(2,3)4/h5-7,13,17H,8-9,16H2,1-4H3/t13-/m0/s1. The Morgan fingerprint density at radius 1 is 1.35 bits per heavy atom. The van der Waals surface area contributed by atoms with Gasteiger partial charge in [0.15, 0.2) is 0 Å².